The quantitative estimate of drug-likeness (QED) is 0.496. The van der Waals surface area contributed by atoms with Crippen molar-refractivity contribution in [2.75, 3.05) is 13.1 Å². The number of aryl methyl sites for hydroxylation is 1. The summed E-state index contributed by atoms with van der Waals surface area (Å²) < 4.78 is 0. The second-order valence-electron chi connectivity index (χ2n) is 8.70. The first kappa shape index (κ1) is 21.7. The van der Waals surface area contributed by atoms with E-state index in [0.717, 1.165) is 26.2 Å². The average molecular weight is 367 g/mol. The summed E-state index contributed by atoms with van der Waals surface area (Å²) in [6.45, 7) is 13.1. The molecule has 0 fully saturated rings. The van der Waals surface area contributed by atoms with Crippen LogP contribution in [0.15, 0.2) is 48.5 Å². The van der Waals surface area contributed by atoms with Gasteiger partial charge in [0.15, 0.2) is 0 Å². The Kier molecular flexibility index (Phi) is 9.03. The highest BCUT2D eigenvalue weighted by molar-refractivity contribution is 5.27. The number of hydrogen-bond donors (Lipinski definition) is 2. The fraction of sp³-hybridized carbons (Fsp3) is 0.520. The number of nitrogens with one attached hydrogen (secondary N) is 2. The van der Waals surface area contributed by atoms with E-state index in [0.29, 0.717) is 0 Å². The van der Waals surface area contributed by atoms with Crippen molar-refractivity contribution in [2.24, 2.45) is 0 Å². The zero-order chi connectivity index (χ0) is 19.5. The highest BCUT2D eigenvalue weighted by Crippen LogP contribution is 2.22. The summed E-state index contributed by atoms with van der Waals surface area (Å²) in [7, 11) is 0. The molecule has 0 aliphatic heterocycles. The third kappa shape index (κ3) is 8.73. The standard InChI is InChI=1S/C25H38N2/c1-21-9-11-22(12-10-21)19-26-17-7-5-6-8-18-27-20-23-13-15-24(16-14-23)25(2,3)4/h9-16,26-27H,5-8,17-20H2,1-4H3. The Morgan fingerprint density at radius 2 is 1.07 bits per heavy atom. The van der Waals surface area contributed by atoms with Crippen LogP contribution in [-0.2, 0) is 18.5 Å². The largest absolute Gasteiger partial charge is 0.313 e. The van der Waals surface area contributed by atoms with Crippen molar-refractivity contribution in [1.29, 1.82) is 0 Å². The fourth-order valence-electron chi connectivity index (χ4n) is 3.15. The normalized spacial score (nSPS) is 11.7. The van der Waals surface area contributed by atoms with Gasteiger partial charge in [-0.1, -0.05) is 87.7 Å². The smallest absolute Gasteiger partial charge is 0.0205 e. The maximum atomic E-state index is 3.57. The van der Waals surface area contributed by atoms with Crippen molar-refractivity contribution in [1.82, 2.24) is 10.6 Å². The summed E-state index contributed by atoms with van der Waals surface area (Å²) in [5, 5.41) is 7.12. The Morgan fingerprint density at radius 1 is 0.630 bits per heavy atom. The molecule has 2 rings (SSSR count). The SMILES string of the molecule is Cc1ccc(CNCCCCCCNCc2ccc(C(C)(C)C)cc2)cc1. The van der Waals surface area contributed by atoms with Gasteiger partial charge in [-0.2, -0.15) is 0 Å². The molecule has 27 heavy (non-hydrogen) atoms. The minimum Gasteiger partial charge on any atom is -0.313 e. The van der Waals surface area contributed by atoms with E-state index in [-0.39, 0.29) is 5.41 Å². The third-order valence-corrected chi connectivity index (χ3v) is 5.06. The molecular weight excluding hydrogens is 328 g/mol. The number of unbranched alkanes of at least 4 members (excludes halogenated alkanes) is 3. The third-order valence-electron chi connectivity index (χ3n) is 5.06. The molecule has 0 bridgehead atoms. The van der Waals surface area contributed by atoms with Crippen LogP contribution in [0.25, 0.3) is 0 Å². The van der Waals surface area contributed by atoms with Gasteiger partial charge in [0.05, 0.1) is 0 Å². The molecule has 0 aliphatic carbocycles. The summed E-state index contributed by atoms with van der Waals surface area (Å²) in [4.78, 5) is 0. The van der Waals surface area contributed by atoms with Gasteiger partial charge in [0.1, 0.15) is 0 Å². The van der Waals surface area contributed by atoms with E-state index >= 15 is 0 Å². The molecule has 2 N–H and O–H groups in total. The predicted octanol–water partition coefficient (Wildman–Crippen LogP) is 5.73. The maximum absolute atomic E-state index is 3.57. The first-order valence-corrected chi connectivity index (χ1v) is 10.5. The van der Waals surface area contributed by atoms with Gasteiger partial charge in [0, 0.05) is 13.1 Å². The highest BCUT2D eigenvalue weighted by atomic mass is 14.8. The fourth-order valence-corrected chi connectivity index (χ4v) is 3.15. The molecule has 0 aliphatic rings. The van der Waals surface area contributed by atoms with Crippen LogP contribution in [0.1, 0.15) is 68.7 Å². The van der Waals surface area contributed by atoms with Gasteiger partial charge in [0.25, 0.3) is 0 Å². The van der Waals surface area contributed by atoms with Crippen LogP contribution in [-0.4, -0.2) is 13.1 Å². The van der Waals surface area contributed by atoms with Crippen molar-refractivity contribution in [3.63, 3.8) is 0 Å². The Balaban J connectivity index is 1.45. The van der Waals surface area contributed by atoms with E-state index < -0.39 is 0 Å². The topological polar surface area (TPSA) is 24.1 Å². The number of hydrogen-bond acceptors (Lipinski definition) is 2. The molecule has 0 saturated carbocycles. The van der Waals surface area contributed by atoms with Crippen molar-refractivity contribution in [3.8, 4) is 0 Å². The lowest BCUT2D eigenvalue weighted by Crippen LogP contribution is -2.16. The van der Waals surface area contributed by atoms with E-state index in [1.165, 1.54) is 47.9 Å². The average Bonchev–Trinajstić information content (AvgIpc) is 2.64. The minimum atomic E-state index is 0.237. The van der Waals surface area contributed by atoms with Crippen molar-refractivity contribution in [2.45, 2.75) is 71.9 Å². The number of benzene rings is 2. The molecule has 0 heterocycles. The van der Waals surface area contributed by atoms with E-state index in [1.807, 2.05) is 0 Å². The lowest BCUT2D eigenvalue weighted by atomic mass is 9.87. The highest BCUT2D eigenvalue weighted by Gasteiger charge is 2.12. The van der Waals surface area contributed by atoms with Gasteiger partial charge < -0.3 is 10.6 Å². The first-order valence-electron chi connectivity index (χ1n) is 10.5. The van der Waals surface area contributed by atoms with Crippen LogP contribution in [0.2, 0.25) is 0 Å². The van der Waals surface area contributed by atoms with Crippen molar-refractivity contribution in [3.05, 3.63) is 70.8 Å². The molecule has 2 aromatic carbocycles. The molecule has 0 unspecified atom stereocenters. The molecule has 148 valence electrons. The molecule has 2 nitrogen and oxygen atoms in total. The molecule has 0 atom stereocenters. The summed E-state index contributed by atoms with van der Waals surface area (Å²) in [5.41, 5.74) is 5.72. The Bertz CT molecular complexity index is 636. The van der Waals surface area contributed by atoms with Crippen LogP contribution in [0.5, 0.6) is 0 Å². The molecule has 0 radical (unpaired) electrons. The monoisotopic (exact) mass is 366 g/mol. The second-order valence-corrected chi connectivity index (χ2v) is 8.70. The van der Waals surface area contributed by atoms with Gasteiger partial charge in [0.2, 0.25) is 0 Å². The van der Waals surface area contributed by atoms with Gasteiger partial charge in [-0.05, 0) is 55.0 Å². The zero-order valence-corrected chi connectivity index (χ0v) is 17.8. The van der Waals surface area contributed by atoms with Gasteiger partial charge >= 0.3 is 0 Å². The number of rotatable bonds is 11. The summed E-state index contributed by atoms with van der Waals surface area (Å²) in [5.74, 6) is 0. The van der Waals surface area contributed by atoms with E-state index in [9.17, 15) is 0 Å². The van der Waals surface area contributed by atoms with E-state index in [1.54, 1.807) is 0 Å². The maximum Gasteiger partial charge on any atom is 0.0205 e. The molecule has 0 spiro atoms. The van der Waals surface area contributed by atoms with Crippen LogP contribution < -0.4 is 10.6 Å². The van der Waals surface area contributed by atoms with Crippen LogP contribution in [0, 0.1) is 6.92 Å². The van der Waals surface area contributed by atoms with Crippen LogP contribution in [0.3, 0.4) is 0 Å². The lowest BCUT2D eigenvalue weighted by molar-refractivity contribution is 0.562. The zero-order valence-electron chi connectivity index (χ0n) is 17.8. The summed E-state index contributed by atoms with van der Waals surface area (Å²) in [6.07, 6.45) is 5.14. The molecular formula is C25H38N2. The van der Waals surface area contributed by atoms with E-state index in [4.69, 9.17) is 0 Å². The first-order chi connectivity index (χ1) is 12.9. The van der Waals surface area contributed by atoms with Gasteiger partial charge in [-0.3, -0.25) is 0 Å². The van der Waals surface area contributed by atoms with Crippen LogP contribution >= 0.6 is 0 Å². The molecule has 2 aromatic rings. The Hall–Kier alpha value is -1.64. The van der Waals surface area contributed by atoms with Gasteiger partial charge in [-0.15, -0.1) is 0 Å². The molecule has 0 aromatic heterocycles. The summed E-state index contributed by atoms with van der Waals surface area (Å²) >= 11 is 0. The molecule has 2 heteroatoms. The van der Waals surface area contributed by atoms with Crippen molar-refractivity contribution >= 4 is 0 Å². The van der Waals surface area contributed by atoms with E-state index in [2.05, 4.69) is 86.9 Å². The Labute approximate surface area is 166 Å². The Morgan fingerprint density at radius 3 is 1.52 bits per heavy atom. The van der Waals surface area contributed by atoms with Crippen LogP contribution in [0.4, 0.5) is 0 Å². The van der Waals surface area contributed by atoms with Gasteiger partial charge in [-0.25, -0.2) is 0 Å². The minimum absolute atomic E-state index is 0.237. The molecule has 0 saturated heterocycles. The lowest BCUT2D eigenvalue weighted by Gasteiger charge is -2.19. The predicted molar refractivity (Wildman–Crippen MR) is 118 cm³/mol. The second kappa shape index (κ2) is 11.3. The summed E-state index contributed by atoms with van der Waals surface area (Å²) in [6, 6.07) is 17.8. The molecule has 0 amide bonds. The van der Waals surface area contributed by atoms with Crippen molar-refractivity contribution < 1.29 is 0 Å².